The first-order chi connectivity index (χ1) is 14.3. The van der Waals surface area contributed by atoms with Crippen molar-refractivity contribution in [3.8, 4) is 0 Å². The third kappa shape index (κ3) is 3.49. The Morgan fingerprint density at radius 3 is 2.63 bits per heavy atom. The number of carbonyl (C=O) groups excluding carboxylic acids is 2. The maximum atomic E-state index is 13.1. The molecule has 170 valence electrons. The standard InChI is InChI=1S/C25H42N2O3/c1-5-30-16-6-15-26-23(29)20-9-8-18-17-7-10-21-25(3,14-12-22(28)27(21)4)19(17)11-13-24(18,20)2/h17-21H,5-16H2,1-4H3,(H,26,29)/t17-,18-,19+,20?,21?,24-,25+/m0/s1. The molecule has 7 atom stereocenters. The zero-order chi connectivity index (χ0) is 21.5. The Morgan fingerprint density at radius 2 is 1.87 bits per heavy atom. The lowest BCUT2D eigenvalue weighted by Crippen LogP contribution is -2.61. The van der Waals surface area contributed by atoms with Crippen LogP contribution in [0.4, 0.5) is 0 Å². The van der Waals surface area contributed by atoms with Crippen LogP contribution in [0.3, 0.4) is 0 Å². The van der Waals surface area contributed by atoms with Crippen molar-refractivity contribution in [3.63, 3.8) is 0 Å². The lowest BCUT2D eigenvalue weighted by molar-refractivity contribution is -0.159. The lowest BCUT2D eigenvalue weighted by atomic mass is 9.47. The molecule has 0 aromatic heterocycles. The molecule has 2 amide bonds. The van der Waals surface area contributed by atoms with E-state index in [1.165, 1.54) is 19.3 Å². The van der Waals surface area contributed by atoms with Gasteiger partial charge in [0.1, 0.15) is 0 Å². The second kappa shape index (κ2) is 8.44. The van der Waals surface area contributed by atoms with E-state index in [1.54, 1.807) is 0 Å². The Kier molecular flexibility index (Phi) is 6.22. The predicted octanol–water partition coefficient (Wildman–Crippen LogP) is 4.01. The smallest absolute Gasteiger partial charge is 0.223 e. The summed E-state index contributed by atoms with van der Waals surface area (Å²) in [7, 11) is 2.03. The quantitative estimate of drug-likeness (QED) is 0.663. The normalized spacial score (nSPS) is 43.0. The van der Waals surface area contributed by atoms with E-state index in [1.807, 2.05) is 14.0 Å². The van der Waals surface area contributed by atoms with Gasteiger partial charge in [0.2, 0.25) is 11.8 Å². The Hall–Kier alpha value is -1.10. The third-order valence-electron chi connectivity index (χ3n) is 9.84. The summed E-state index contributed by atoms with van der Waals surface area (Å²) in [6.45, 7) is 9.08. The number of likely N-dealkylation sites (tertiary alicyclic amines) is 1. The molecule has 3 aliphatic carbocycles. The van der Waals surface area contributed by atoms with Gasteiger partial charge in [0, 0.05) is 45.2 Å². The van der Waals surface area contributed by atoms with Gasteiger partial charge in [-0.05, 0) is 86.9 Å². The molecule has 0 radical (unpaired) electrons. The molecule has 5 heteroatoms. The number of hydrogen-bond donors (Lipinski definition) is 1. The highest BCUT2D eigenvalue weighted by atomic mass is 16.5. The summed E-state index contributed by atoms with van der Waals surface area (Å²) in [4.78, 5) is 27.5. The van der Waals surface area contributed by atoms with Gasteiger partial charge in [-0.15, -0.1) is 0 Å². The first kappa shape index (κ1) is 22.1. The molecule has 1 saturated heterocycles. The van der Waals surface area contributed by atoms with Gasteiger partial charge in [-0.25, -0.2) is 0 Å². The molecule has 3 saturated carbocycles. The summed E-state index contributed by atoms with van der Waals surface area (Å²) in [6, 6.07) is 0.412. The topological polar surface area (TPSA) is 58.6 Å². The summed E-state index contributed by atoms with van der Waals surface area (Å²) in [5, 5.41) is 3.21. The molecule has 2 unspecified atom stereocenters. The van der Waals surface area contributed by atoms with Gasteiger partial charge >= 0.3 is 0 Å². The number of nitrogens with one attached hydrogen (secondary N) is 1. The molecule has 5 nitrogen and oxygen atoms in total. The van der Waals surface area contributed by atoms with Crippen LogP contribution in [-0.2, 0) is 14.3 Å². The highest BCUT2D eigenvalue weighted by molar-refractivity contribution is 5.80. The number of piperidine rings is 1. The van der Waals surface area contributed by atoms with E-state index in [4.69, 9.17) is 4.74 Å². The van der Waals surface area contributed by atoms with E-state index in [2.05, 4.69) is 24.1 Å². The number of ether oxygens (including phenoxy) is 1. The maximum absolute atomic E-state index is 13.1. The van der Waals surface area contributed by atoms with Gasteiger partial charge in [-0.3, -0.25) is 9.59 Å². The number of hydrogen-bond acceptors (Lipinski definition) is 3. The van der Waals surface area contributed by atoms with Gasteiger partial charge in [0.25, 0.3) is 0 Å². The van der Waals surface area contributed by atoms with Gasteiger partial charge < -0.3 is 15.0 Å². The third-order valence-corrected chi connectivity index (χ3v) is 9.84. The number of rotatable bonds is 6. The molecular formula is C25H42N2O3. The molecule has 1 heterocycles. The van der Waals surface area contributed by atoms with E-state index in [9.17, 15) is 9.59 Å². The molecule has 4 rings (SSSR count). The Balaban J connectivity index is 1.44. The van der Waals surface area contributed by atoms with Crippen molar-refractivity contribution in [3.05, 3.63) is 0 Å². The van der Waals surface area contributed by atoms with E-state index in [0.717, 1.165) is 57.8 Å². The molecule has 0 aromatic carbocycles. The van der Waals surface area contributed by atoms with Crippen LogP contribution in [-0.4, -0.2) is 49.6 Å². The molecule has 1 aliphatic heterocycles. The minimum absolute atomic E-state index is 0.144. The van der Waals surface area contributed by atoms with Gasteiger partial charge in [-0.1, -0.05) is 13.8 Å². The highest BCUT2D eigenvalue weighted by Gasteiger charge is 2.62. The number of carbonyl (C=O) groups is 2. The van der Waals surface area contributed by atoms with E-state index in [0.29, 0.717) is 30.2 Å². The van der Waals surface area contributed by atoms with Gasteiger partial charge in [0.05, 0.1) is 0 Å². The summed E-state index contributed by atoms with van der Waals surface area (Å²) in [6.07, 6.45) is 9.65. The Bertz CT molecular complexity index is 667. The fourth-order valence-corrected chi connectivity index (χ4v) is 8.23. The lowest BCUT2D eigenvalue weighted by Gasteiger charge is -2.61. The molecule has 30 heavy (non-hydrogen) atoms. The summed E-state index contributed by atoms with van der Waals surface area (Å²) >= 11 is 0. The van der Waals surface area contributed by atoms with Crippen LogP contribution in [0.2, 0.25) is 0 Å². The van der Waals surface area contributed by atoms with Crippen LogP contribution in [0.15, 0.2) is 0 Å². The average molecular weight is 419 g/mol. The number of amides is 2. The first-order valence-electron chi connectivity index (χ1n) is 12.4. The highest BCUT2D eigenvalue weighted by Crippen LogP contribution is 2.66. The molecular weight excluding hydrogens is 376 g/mol. The fraction of sp³-hybridized carbons (Fsp3) is 0.920. The molecule has 0 spiro atoms. The number of fused-ring (bicyclic) bond motifs is 5. The van der Waals surface area contributed by atoms with Gasteiger partial charge in [-0.2, -0.15) is 0 Å². The van der Waals surface area contributed by atoms with Crippen molar-refractivity contribution in [2.24, 2.45) is 34.5 Å². The van der Waals surface area contributed by atoms with Crippen LogP contribution in [0.1, 0.15) is 78.6 Å². The van der Waals surface area contributed by atoms with Crippen molar-refractivity contribution in [1.29, 1.82) is 0 Å². The average Bonchev–Trinajstić information content (AvgIpc) is 3.08. The van der Waals surface area contributed by atoms with E-state index >= 15 is 0 Å². The van der Waals surface area contributed by atoms with E-state index in [-0.39, 0.29) is 22.7 Å². The Labute approximate surface area is 182 Å². The molecule has 0 aromatic rings. The van der Waals surface area contributed by atoms with E-state index < -0.39 is 0 Å². The second-order valence-electron chi connectivity index (χ2n) is 11.0. The molecule has 4 aliphatic rings. The molecule has 0 bridgehead atoms. The van der Waals surface area contributed by atoms with Crippen LogP contribution in [0, 0.1) is 34.5 Å². The summed E-state index contributed by atoms with van der Waals surface area (Å²) < 4.78 is 5.40. The zero-order valence-corrected chi connectivity index (χ0v) is 19.5. The summed E-state index contributed by atoms with van der Waals surface area (Å²) in [5.74, 6) is 2.87. The second-order valence-corrected chi connectivity index (χ2v) is 11.0. The van der Waals surface area contributed by atoms with Crippen LogP contribution in [0.5, 0.6) is 0 Å². The van der Waals surface area contributed by atoms with Crippen molar-refractivity contribution < 1.29 is 14.3 Å². The van der Waals surface area contributed by atoms with Crippen LogP contribution >= 0.6 is 0 Å². The van der Waals surface area contributed by atoms with Gasteiger partial charge in [0.15, 0.2) is 0 Å². The van der Waals surface area contributed by atoms with Crippen molar-refractivity contribution in [2.45, 2.75) is 84.6 Å². The number of nitrogens with zero attached hydrogens (tertiary/aromatic N) is 1. The van der Waals surface area contributed by atoms with Crippen LogP contribution < -0.4 is 5.32 Å². The van der Waals surface area contributed by atoms with Crippen molar-refractivity contribution in [1.82, 2.24) is 10.2 Å². The maximum Gasteiger partial charge on any atom is 0.223 e. The monoisotopic (exact) mass is 418 g/mol. The molecule has 1 N–H and O–H groups in total. The predicted molar refractivity (Wildman–Crippen MR) is 118 cm³/mol. The minimum atomic E-state index is 0.144. The van der Waals surface area contributed by atoms with Crippen molar-refractivity contribution in [2.75, 3.05) is 26.8 Å². The fourth-order valence-electron chi connectivity index (χ4n) is 8.23. The van der Waals surface area contributed by atoms with Crippen LogP contribution in [0.25, 0.3) is 0 Å². The SMILES string of the molecule is CCOCCCNC(=O)C1CC[C@H]2[C@@H]3CCC4N(C)C(=O)CC[C@]4(C)[C@@H]3CC[C@]12C. The Morgan fingerprint density at radius 1 is 1.10 bits per heavy atom. The minimum Gasteiger partial charge on any atom is -0.382 e. The first-order valence-corrected chi connectivity index (χ1v) is 12.4. The van der Waals surface area contributed by atoms with Crippen molar-refractivity contribution >= 4 is 11.8 Å². The zero-order valence-electron chi connectivity index (χ0n) is 19.5. The summed E-state index contributed by atoms with van der Waals surface area (Å²) in [5.41, 5.74) is 0.400. The largest absolute Gasteiger partial charge is 0.382 e. The molecule has 4 fully saturated rings.